The number of nitrogens with zero attached hydrogens (tertiary/aromatic N) is 2. The van der Waals surface area contributed by atoms with Crippen LogP contribution in [-0.2, 0) is 10.3 Å². The molecule has 18 heavy (non-hydrogen) atoms. The molecule has 0 radical (unpaired) electrons. The number of rotatable bonds is 4. The van der Waals surface area contributed by atoms with Crippen LogP contribution in [0.25, 0.3) is 0 Å². The van der Waals surface area contributed by atoms with E-state index >= 15 is 0 Å². The molecule has 1 aliphatic heterocycles. The molecule has 1 fully saturated rings. The standard InChI is InChI=1S/C13H22N2O3/c1-4-10(16)9(2)11-14-12(15-18-11)13(3)7-5-6-8-17-13/h9-10,16H,4-8H2,1-3H3. The van der Waals surface area contributed by atoms with Crippen LogP contribution in [0, 0.1) is 0 Å². The first-order chi connectivity index (χ1) is 8.57. The van der Waals surface area contributed by atoms with Crippen LogP contribution < -0.4 is 0 Å². The van der Waals surface area contributed by atoms with Gasteiger partial charge in [0.05, 0.1) is 12.0 Å². The van der Waals surface area contributed by atoms with E-state index in [9.17, 15) is 5.11 Å². The Hall–Kier alpha value is -0.940. The van der Waals surface area contributed by atoms with Crippen molar-refractivity contribution in [2.45, 2.75) is 64.1 Å². The third-order valence-electron chi connectivity index (χ3n) is 3.77. The van der Waals surface area contributed by atoms with Gasteiger partial charge in [-0.3, -0.25) is 0 Å². The summed E-state index contributed by atoms with van der Waals surface area (Å²) in [5.74, 6) is 0.963. The van der Waals surface area contributed by atoms with Gasteiger partial charge >= 0.3 is 0 Å². The summed E-state index contributed by atoms with van der Waals surface area (Å²) in [4.78, 5) is 4.41. The molecule has 1 saturated heterocycles. The van der Waals surface area contributed by atoms with Gasteiger partial charge in [0.1, 0.15) is 5.60 Å². The molecule has 0 bridgehead atoms. The van der Waals surface area contributed by atoms with Crippen LogP contribution in [0.2, 0.25) is 0 Å². The van der Waals surface area contributed by atoms with Gasteiger partial charge in [-0.25, -0.2) is 0 Å². The smallest absolute Gasteiger partial charge is 0.232 e. The Kier molecular flexibility index (Phi) is 4.02. The zero-order valence-corrected chi connectivity index (χ0v) is 11.3. The van der Waals surface area contributed by atoms with E-state index in [2.05, 4.69) is 10.1 Å². The Bertz CT molecular complexity index is 385. The van der Waals surface area contributed by atoms with E-state index < -0.39 is 11.7 Å². The highest BCUT2D eigenvalue weighted by atomic mass is 16.5. The lowest BCUT2D eigenvalue weighted by Gasteiger charge is -2.30. The first-order valence-corrected chi connectivity index (χ1v) is 6.73. The number of hydrogen-bond donors (Lipinski definition) is 1. The predicted octanol–water partition coefficient (Wildman–Crippen LogP) is 2.36. The Morgan fingerprint density at radius 2 is 2.22 bits per heavy atom. The highest BCUT2D eigenvalue weighted by Crippen LogP contribution is 2.33. The van der Waals surface area contributed by atoms with Crippen molar-refractivity contribution in [1.29, 1.82) is 0 Å². The van der Waals surface area contributed by atoms with Gasteiger partial charge in [0.2, 0.25) is 11.7 Å². The summed E-state index contributed by atoms with van der Waals surface area (Å²) in [6.45, 7) is 6.58. The zero-order valence-electron chi connectivity index (χ0n) is 11.3. The van der Waals surface area contributed by atoms with Crippen molar-refractivity contribution in [3.8, 4) is 0 Å². The van der Waals surface area contributed by atoms with E-state index in [4.69, 9.17) is 9.26 Å². The molecule has 1 aromatic heterocycles. The minimum atomic E-state index is -0.446. The summed E-state index contributed by atoms with van der Waals surface area (Å²) in [7, 11) is 0. The van der Waals surface area contributed by atoms with Crippen LogP contribution >= 0.6 is 0 Å². The van der Waals surface area contributed by atoms with Crippen molar-refractivity contribution in [3.63, 3.8) is 0 Å². The van der Waals surface area contributed by atoms with Crippen LogP contribution in [0.4, 0.5) is 0 Å². The molecule has 1 aromatic rings. The van der Waals surface area contributed by atoms with Gasteiger partial charge in [0.25, 0.3) is 0 Å². The van der Waals surface area contributed by atoms with Gasteiger partial charge in [-0.15, -0.1) is 0 Å². The van der Waals surface area contributed by atoms with Crippen LogP contribution in [0.5, 0.6) is 0 Å². The minimum Gasteiger partial charge on any atom is -0.392 e. The summed E-state index contributed by atoms with van der Waals surface area (Å²) >= 11 is 0. The van der Waals surface area contributed by atoms with Gasteiger partial charge in [0.15, 0.2) is 0 Å². The van der Waals surface area contributed by atoms with Crippen molar-refractivity contribution in [1.82, 2.24) is 10.1 Å². The van der Waals surface area contributed by atoms with Crippen molar-refractivity contribution < 1.29 is 14.4 Å². The van der Waals surface area contributed by atoms with Crippen LogP contribution in [0.3, 0.4) is 0 Å². The highest BCUT2D eigenvalue weighted by molar-refractivity contribution is 5.03. The second kappa shape index (κ2) is 5.36. The molecule has 2 heterocycles. The lowest BCUT2D eigenvalue weighted by molar-refractivity contribution is -0.0770. The molecule has 0 amide bonds. The Balaban J connectivity index is 2.14. The first-order valence-electron chi connectivity index (χ1n) is 6.73. The maximum atomic E-state index is 9.80. The average Bonchev–Trinajstić information content (AvgIpc) is 2.88. The molecule has 5 heteroatoms. The Morgan fingerprint density at radius 1 is 1.44 bits per heavy atom. The van der Waals surface area contributed by atoms with E-state index in [-0.39, 0.29) is 5.92 Å². The summed E-state index contributed by atoms with van der Waals surface area (Å²) in [6.07, 6.45) is 3.35. The van der Waals surface area contributed by atoms with Gasteiger partial charge < -0.3 is 14.4 Å². The fraction of sp³-hybridized carbons (Fsp3) is 0.846. The molecule has 5 nitrogen and oxygen atoms in total. The van der Waals surface area contributed by atoms with Gasteiger partial charge in [-0.1, -0.05) is 19.0 Å². The van der Waals surface area contributed by atoms with Gasteiger partial charge in [-0.05, 0) is 32.6 Å². The highest BCUT2D eigenvalue weighted by Gasteiger charge is 2.35. The maximum absolute atomic E-state index is 9.80. The van der Waals surface area contributed by atoms with Crippen molar-refractivity contribution >= 4 is 0 Å². The fourth-order valence-electron chi connectivity index (χ4n) is 2.26. The number of aliphatic hydroxyl groups excluding tert-OH is 1. The summed E-state index contributed by atoms with van der Waals surface area (Å²) < 4.78 is 11.1. The van der Waals surface area contributed by atoms with E-state index in [0.29, 0.717) is 18.1 Å². The summed E-state index contributed by atoms with van der Waals surface area (Å²) in [6, 6.07) is 0. The van der Waals surface area contributed by atoms with Crippen molar-refractivity contribution in [3.05, 3.63) is 11.7 Å². The van der Waals surface area contributed by atoms with Crippen molar-refractivity contribution in [2.24, 2.45) is 0 Å². The lowest BCUT2D eigenvalue weighted by Crippen LogP contribution is -2.31. The van der Waals surface area contributed by atoms with Crippen LogP contribution in [-0.4, -0.2) is 28.0 Å². The average molecular weight is 254 g/mol. The van der Waals surface area contributed by atoms with E-state index in [0.717, 1.165) is 25.9 Å². The van der Waals surface area contributed by atoms with E-state index in [1.165, 1.54) is 0 Å². The van der Waals surface area contributed by atoms with E-state index in [1.807, 2.05) is 20.8 Å². The SMILES string of the molecule is CCC(O)C(C)c1nc(C2(C)CCCCO2)no1. The molecule has 0 aromatic carbocycles. The quantitative estimate of drug-likeness (QED) is 0.893. The monoisotopic (exact) mass is 254 g/mol. The van der Waals surface area contributed by atoms with E-state index in [1.54, 1.807) is 0 Å². The van der Waals surface area contributed by atoms with Crippen LogP contribution in [0.1, 0.15) is 64.1 Å². The third-order valence-corrected chi connectivity index (χ3v) is 3.77. The first kappa shape index (κ1) is 13.5. The zero-order chi connectivity index (χ0) is 13.2. The largest absolute Gasteiger partial charge is 0.392 e. The second-order valence-electron chi connectivity index (χ2n) is 5.26. The van der Waals surface area contributed by atoms with Crippen LogP contribution in [0.15, 0.2) is 4.52 Å². The number of aromatic nitrogens is 2. The lowest BCUT2D eigenvalue weighted by atomic mass is 9.95. The summed E-state index contributed by atoms with van der Waals surface area (Å²) in [5, 5.41) is 13.8. The number of ether oxygens (including phenoxy) is 1. The van der Waals surface area contributed by atoms with Gasteiger partial charge in [-0.2, -0.15) is 4.98 Å². The molecular formula is C13H22N2O3. The molecule has 0 saturated carbocycles. The normalized spacial score (nSPS) is 28.0. The molecule has 1 N–H and O–H groups in total. The number of aliphatic hydroxyl groups is 1. The molecule has 0 spiro atoms. The fourth-order valence-corrected chi connectivity index (χ4v) is 2.26. The molecule has 2 rings (SSSR count). The molecule has 102 valence electrons. The molecule has 1 aliphatic rings. The van der Waals surface area contributed by atoms with Gasteiger partial charge in [0, 0.05) is 6.61 Å². The molecular weight excluding hydrogens is 232 g/mol. The topological polar surface area (TPSA) is 68.4 Å². The Morgan fingerprint density at radius 3 is 2.83 bits per heavy atom. The molecule has 0 aliphatic carbocycles. The molecule has 3 atom stereocenters. The third kappa shape index (κ3) is 2.57. The van der Waals surface area contributed by atoms with Crippen molar-refractivity contribution in [2.75, 3.05) is 6.61 Å². The maximum Gasteiger partial charge on any atom is 0.232 e. The predicted molar refractivity (Wildman–Crippen MR) is 66.2 cm³/mol. The number of hydrogen-bond acceptors (Lipinski definition) is 5. The Labute approximate surface area is 108 Å². The second-order valence-corrected chi connectivity index (χ2v) is 5.26. The summed E-state index contributed by atoms with van der Waals surface area (Å²) in [5.41, 5.74) is -0.434. The minimum absolute atomic E-state index is 0.136. The molecule has 3 unspecified atom stereocenters.